The summed E-state index contributed by atoms with van der Waals surface area (Å²) < 4.78 is 0. The number of hydrogen-bond acceptors (Lipinski definition) is 3. The molecule has 0 fully saturated rings. The first-order valence-corrected chi connectivity index (χ1v) is 5.60. The molecule has 2 N–H and O–H groups in total. The van der Waals surface area contributed by atoms with Crippen LogP contribution in [-0.2, 0) is 4.79 Å². The van der Waals surface area contributed by atoms with Crippen molar-refractivity contribution in [3.05, 3.63) is 24.5 Å². The fourth-order valence-electron chi connectivity index (χ4n) is 1.48. The zero-order valence-electron chi connectivity index (χ0n) is 9.89. The van der Waals surface area contributed by atoms with Gasteiger partial charge in [0.15, 0.2) is 0 Å². The van der Waals surface area contributed by atoms with E-state index >= 15 is 0 Å². The summed E-state index contributed by atoms with van der Waals surface area (Å²) in [6.07, 6.45) is 6.11. The summed E-state index contributed by atoms with van der Waals surface area (Å²) in [5.41, 5.74) is 6.61. The predicted molar refractivity (Wildman–Crippen MR) is 65.1 cm³/mol. The van der Waals surface area contributed by atoms with Crippen molar-refractivity contribution in [1.29, 1.82) is 0 Å². The molecule has 88 valence electrons. The first kappa shape index (κ1) is 12.6. The first-order valence-electron chi connectivity index (χ1n) is 5.60. The van der Waals surface area contributed by atoms with Gasteiger partial charge in [0.2, 0.25) is 5.91 Å². The van der Waals surface area contributed by atoms with Crippen molar-refractivity contribution >= 4 is 11.6 Å². The van der Waals surface area contributed by atoms with Crippen LogP contribution in [0.15, 0.2) is 24.5 Å². The molecule has 4 heteroatoms. The van der Waals surface area contributed by atoms with Gasteiger partial charge in [0.25, 0.3) is 0 Å². The van der Waals surface area contributed by atoms with Crippen molar-refractivity contribution in [2.75, 3.05) is 11.9 Å². The van der Waals surface area contributed by atoms with Gasteiger partial charge < -0.3 is 10.6 Å². The number of nitrogens with zero attached hydrogens (tertiary/aromatic N) is 2. The molecule has 1 aromatic rings. The number of unbranched alkanes of at least 4 members (excludes halogenated alkanes) is 1. The second-order valence-electron chi connectivity index (χ2n) is 3.86. The predicted octanol–water partition coefficient (Wildman–Crippen LogP) is 1.56. The average Bonchev–Trinajstić information content (AvgIpc) is 2.35. The van der Waals surface area contributed by atoms with Gasteiger partial charge in [0.05, 0.1) is 17.9 Å². The highest BCUT2D eigenvalue weighted by atomic mass is 16.2. The lowest BCUT2D eigenvalue weighted by atomic mass is 10.1. The molecular weight excluding hydrogens is 202 g/mol. The van der Waals surface area contributed by atoms with Crippen molar-refractivity contribution in [2.45, 2.75) is 32.2 Å². The van der Waals surface area contributed by atoms with E-state index in [-0.39, 0.29) is 5.91 Å². The van der Waals surface area contributed by atoms with Crippen LogP contribution >= 0.6 is 0 Å². The summed E-state index contributed by atoms with van der Waals surface area (Å²) in [7, 11) is 1.73. The van der Waals surface area contributed by atoms with E-state index in [2.05, 4.69) is 11.9 Å². The van der Waals surface area contributed by atoms with Gasteiger partial charge in [-0.05, 0) is 18.6 Å². The van der Waals surface area contributed by atoms with E-state index in [1.807, 2.05) is 6.07 Å². The maximum atomic E-state index is 11.9. The molecule has 1 rings (SSSR count). The van der Waals surface area contributed by atoms with Crippen LogP contribution in [0, 0.1) is 0 Å². The standard InChI is InChI=1S/C12H19N3O/c1-3-4-7-11(13)12(16)15(2)10-6-5-8-14-9-10/h5-6,8-9,11H,3-4,7,13H2,1-2H3. The highest BCUT2D eigenvalue weighted by molar-refractivity contribution is 5.96. The van der Waals surface area contributed by atoms with E-state index in [0.717, 1.165) is 24.9 Å². The molecule has 4 nitrogen and oxygen atoms in total. The Labute approximate surface area is 96.5 Å². The molecule has 0 saturated carbocycles. The van der Waals surface area contributed by atoms with Gasteiger partial charge in [0.1, 0.15) is 0 Å². The van der Waals surface area contributed by atoms with Gasteiger partial charge in [-0.1, -0.05) is 19.8 Å². The molecule has 0 aliphatic heterocycles. The Morgan fingerprint density at radius 2 is 2.38 bits per heavy atom. The van der Waals surface area contributed by atoms with E-state index in [1.165, 1.54) is 0 Å². The van der Waals surface area contributed by atoms with Gasteiger partial charge in [-0.15, -0.1) is 0 Å². The Morgan fingerprint density at radius 3 is 2.94 bits per heavy atom. The number of aromatic nitrogens is 1. The average molecular weight is 221 g/mol. The Morgan fingerprint density at radius 1 is 1.62 bits per heavy atom. The summed E-state index contributed by atoms with van der Waals surface area (Å²) in [5, 5.41) is 0. The molecule has 1 aromatic heterocycles. The lowest BCUT2D eigenvalue weighted by molar-refractivity contribution is -0.119. The van der Waals surface area contributed by atoms with Crippen LogP contribution in [-0.4, -0.2) is 24.0 Å². The molecule has 0 saturated heterocycles. The van der Waals surface area contributed by atoms with Crippen LogP contribution in [0.4, 0.5) is 5.69 Å². The van der Waals surface area contributed by atoms with Gasteiger partial charge in [-0.2, -0.15) is 0 Å². The molecule has 0 aliphatic carbocycles. The normalized spacial score (nSPS) is 12.2. The summed E-state index contributed by atoms with van der Waals surface area (Å²) in [4.78, 5) is 17.5. The van der Waals surface area contributed by atoms with E-state index in [0.29, 0.717) is 0 Å². The maximum Gasteiger partial charge on any atom is 0.243 e. The van der Waals surface area contributed by atoms with E-state index < -0.39 is 6.04 Å². The molecule has 16 heavy (non-hydrogen) atoms. The maximum absolute atomic E-state index is 11.9. The largest absolute Gasteiger partial charge is 0.320 e. The van der Waals surface area contributed by atoms with Gasteiger partial charge in [-0.3, -0.25) is 9.78 Å². The highest BCUT2D eigenvalue weighted by Gasteiger charge is 2.18. The van der Waals surface area contributed by atoms with Crippen LogP contribution in [0.1, 0.15) is 26.2 Å². The molecule has 0 aromatic carbocycles. The fourth-order valence-corrected chi connectivity index (χ4v) is 1.48. The molecule has 1 unspecified atom stereocenters. The molecule has 0 radical (unpaired) electrons. The van der Waals surface area contributed by atoms with Gasteiger partial charge >= 0.3 is 0 Å². The quantitative estimate of drug-likeness (QED) is 0.821. The third-order valence-electron chi connectivity index (χ3n) is 2.55. The minimum Gasteiger partial charge on any atom is -0.320 e. The third-order valence-corrected chi connectivity index (χ3v) is 2.55. The Hall–Kier alpha value is -1.42. The second-order valence-corrected chi connectivity index (χ2v) is 3.86. The number of carbonyl (C=O) groups excluding carboxylic acids is 1. The summed E-state index contributed by atoms with van der Waals surface area (Å²) in [5.74, 6) is -0.0542. The first-order chi connectivity index (χ1) is 7.66. The van der Waals surface area contributed by atoms with E-state index in [4.69, 9.17) is 5.73 Å². The van der Waals surface area contributed by atoms with Crippen LogP contribution in [0.25, 0.3) is 0 Å². The third kappa shape index (κ3) is 3.31. The van der Waals surface area contributed by atoms with Crippen molar-refractivity contribution in [3.8, 4) is 0 Å². The van der Waals surface area contributed by atoms with Gasteiger partial charge in [-0.25, -0.2) is 0 Å². The summed E-state index contributed by atoms with van der Waals surface area (Å²) in [6, 6.07) is 3.24. The molecule has 1 heterocycles. The number of amides is 1. The Kier molecular flexibility index (Phi) is 4.92. The number of nitrogens with two attached hydrogens (primary N) is 1. The Balaban J connectivity index is 2.60. The lowest BCUT2D eigenvalue weighted by Gasteiger charge is -2.20. The monoisotopic (exact) mass is 221 g/mol. The van der Waals surface area contributed by atoms with E-state index in [9.17, 15) is 4.79 Å². The van der Waals surface area contributed by atoms with Crippen LogP contribution in [0.2, 0.25) is 0 Å². The smallest absolute Gasteiger partial charge is 0.243 e. The topological polar surface area (TPSA) is 59.2 Å². The van der Waals surface area contributed by atoms with Crippen molar-refractivity contribution in [1.82, 2.24) is 4.98 Å². The van der Waals surface area contributed by atoms with Crippen molar-refractivity contribution in [3.63, 3.8) is 0 Å². The molecule has 0 bridgehead atoms. The molecule has 0 aliphatic rings. The number of likely N-dealkylation sites (N-methyl/N-ethyl adjacent to an activating group) is 1. The number of anilines is 1. The van der Waals surface area contributed by atoms with Crippen LogP contribution in [0.3, 0.4) is 0 Å². The number of pyridine rings is 1. The molecule has 1 atom stereocenters. The summed E-state index contributed by atoms with van der Waals surface area (Å²) in [6.45, 7) is 2.09. The minimum atomic E-state index is -0.412. The SMILES string of the molecule is CCCCC(N)C(=O)N(C)c1cccnc1. The van der Waals surface area contributed by atoms with Crippen molar-refractivity contribution < 1.29 is 4.79 Å². The highest BCUT2D eigenvalue weighted by Crippen LogP contribution is 2.11. The molecule has 0 spiro atoms. The minimum absolute atomic E-state index is 0.0542. The van der Waals surface area contributed by atoms with E-state index in [1.54, 1.807) is 30.4 Å². The lowest BCUT2D eigenvalue weighted by Crippen LogP contribution is -2.41. The number of carbonyl (C=O) groups is 1. The summed E-state index contributed by atoms with van der Waals surface area (Å²) >= 11 is 0. The number of rotatable bonds is 5. The molecular formula is C12H19N3O. The molecule has 1 amide bonds. The number of hydrogen-bond donors (Lipinski definition) is 1. The second kappa shape index (κ2) is 6.23. The fraction of sp³-hybridized carbons (Fsp3) is 0.500. The van der Waals surface area contributed by atoms with Crippen LogP contribution < -0.4 is 10.6 Å². The van der Waals surface area contributed by atoms with Gasteiger partial charge in [0, 0.05) is 13.2 Å². The van der Waals surface area contributed by atoms with Crippen LogP contribution in [0.5, 0.6) is 0 Å². The zero-order valence-corrected chi connectivity index (χ0v) is 9.89. The van der Waals surface area contributed by atoms with Crippen molar-refractivity contribution in [2.24, 2.45) is 5.73 Å². The zero-order chi connectivity index (χ0) is 12.0. The Bertz CT molecular complexity index is 326.